The summed E-state index contributed by atoms with van der Waals surface area (Å²) >= 11 is 0. The van der Waals surface area contributed by atoms with Gasteiger partial charge in [0.15, 0.2) is 9.84 Å². The third-order valence-corrected chi connectivity index (χ3v) is 4.53. The number of carbonyl (C=O) groups excluding carboxylic acids is 1. The van der Waals surface area contributed by atoms with Crippen LogP contribution in [0.25, 0.3) is 0 Å². The molecular weight excluding hydrogens is 264 g/mol. The molecule has 1 amide bonds. The van der Waals surface area contributed by atoms with E-state index in [-0.39, 0.29) is 33.5 Å². The molecule has 3 N–H and O–H groups in total. The SMILES string of the molecule is CC1(C)CC1NC(=O)c1cc(N)cc(S(C)(=O)=O)c1. The van der Waals surface area contributed by atoms with E-state index in [1.165, 1.54) is 18.2 Å². The first-order valence-corrected chi connectivity index (χ1v) is 7.90. The quantitative estimate of drug-likeness (QED) is 0.815. The lowest BCUT2D eigenvalue weighted by molar-refractivity contribution is 0.0946. The van der Waals surface area contributed by atoms with Gasteiger partial charge in [0.1, 0.15) is 0 Å². The first-order valence-electron chi connectivity index (χ1n) is 6.01. The number of nitrogen functional groups attached to an aromatic ring is 1. The molecule has 19 heavy (non-hydrogen) atoms. The first kappa shape index (κ1) is 13.9. The lowest BCUT2D eigenvalue weighted by Gasteiger charge is -2.09. The van der Waals surface area contributed by atoms with E-state index < -0.39 is 9.84 Å². The van der Waals surface area contributed by atoms with Gasteiger partial charge < -0.3 is 11.1 Å². The molecule has 0 aromatic heterocycles. The van der Waals surface area contributed by atoms with E-state index in [0.29, 0.717) is 0 Å². The minimum atomic E-state index is -3.38. The third kappa shape index (κ3) is 3.07. The molecule has 1 aliphatic carbocycles. The average molecular weight is 282 g/mol. The molecule has 1 fully saturated rings. The highest BCUT2D eigenvalue weighted by Crippen LogP contribution is 2.44. The van der Waals surface area contributed by atoms with Crippen LogP contribution in [0.4, 0.5) is 5.69 Å². The number of nitrogens with two attached hydrogens (primary N) is 1. The Morgan fingerprint density at radius 3 is 2.42 bits per heavy atom. The van der Waals surface area contributed by atoms with Crippen molar-refractivity contribution in [1.29, 1.82) is 0 Å². The maximum Gasteiger partial charge on any atom is 0.251 e. The van der Waals surface area contributed by atoms with Gasteiger partial charge in [0.25, 0.3) is 5.91 Å². The van der Waals surface area contributed by atoms with Crippen LogP contribution in [0, 0.1) is 5.41 Å². The minimum Gasteiger partial charge on any atom is -0.399 e. The second-order valence-electron chi connectivity index (χ2n) is 5.78. The Bertz CT molecular complexity index is 635. The molecule has 2 rings (SSSR count). The highest BCUT2D eigenvalue weighted by Gasteiger charge is 2.46. The molecule has 1 aromatic rings. The molecular formula is C13H18N2O3S. The van der Waals surface area contributed by atoms with E-state index >= 15 is 0 Å². The van der Waals surface area contributed by atoms with Gasteiger partial charge in [-0.25, -0.2) is 8.42 Å². The van der Waals surface area contributed by atoms with Crippen molar-refractivity contribution in [2.24, 2.45) is 5.41 Å². The Balaban J connectivity index is 2.25. The van der Waals surface area contributed by atoms with E-state index in [4.69, 9.17) is 5.73 Å². The zero-order valence-electron chi connectivity index (χ0n) is 11.2. The van der Waals surface area contributed by atoms with Crippen LogP contribution in [0.2, 0.25) is 0 Å². The molecule has 0 spiro atoms. The van der Waals surface area contributed by atoms with Gasteiger partial charge in [0, 0.05) is 23.5 Å². The number of anilines is 1. The van der Waals surface area contributed by atoms with Crippen LogP contribution in [-0.2, 0) is 9.84 Å². The molecule has 6 heteroatoms. The summed E-state index contributed by atoms with van der Waals surface area (Å²) in [4.78, 5) is 12.1. The Hall–Kier alpha value is -1.56. The highest BCUT2D eigenvalue weighted by atomic mass is 32.2. The number of amides is 1. The summed E-state index contributed by atoms with van der Waals surface area (Å²) < 4.78 is 23.0. The molecule has 104 valence electrons. The Labute approximate surface area is 113 Å². The summed E-state index contributed by atoms with van der Waals surface area (Å²) in [5.41, 5.74) is 6.32. The molecule has 1 aromatic carbocycles. The minimum absolute atomic E-state index is 0.0627. The smallest absolute Gasteiger partial charge is 0.251 e. The Morgan fingerprint density at radius 2 is 1.95 bits per heavy atom. The lowest BCUT2D eigenvalue weighted by Crippen LogP contribution is -2.28. The van der Waals surface area contributed by atoms with Gasteiger partial charge in [-0.3, -0.25) is 4.79 Å². The molecule has 0 aliphatic heterocycles. The van der Waals surface area contributed by atoms with E-state index in [1.807, 2.05) is 0 Å². The fourth-order valence-electron chi connectivity index (χ4n) is 1.92. The van der Waals surface area contributed by atoms with Gasteiger partial charge >= 0.3 is 0 Å². The molecule has 1 unspecified atom stereocenters. The monoisotopic (exact) mass is 282 g/mol. The summed E-state index contributed by atoms with van der Waals surface area (Å²) in [7, 11) is -3.38. The summed E-state index contributed by atoms with van der Waals surface area (Å²) in [5.74, 6) is -0.284. The first-order chi connectivity index (χ1) is 8.59. The van der Waals surface area contributed by atoms with E-state index in [2.05, 4.69) is 19.2 Å². The largest absolute Gasteiger partial charge is 0.399 e. The van der Waals surface area contributed by atoms with Crippen molar-refractivity contribution in [1.82, 2.24) is 5.32 Å². The van der Waals surface area contributed by atoms with Crippen molar-refractivity contribution in [3.8, 4) is 0 Å². The van der Waals surface area contributed by atoms with Crippen LogP contribution in [0.15, 0.2) is 23.1 Å². The zero-order valence-corrected chi connectivity index (χ0v) is 12.0. The Morgan fingerprint density at radius 1 is 1.37 bits per heavy atom. The predicted octanol–water partition coefficient (Wildman–Crippen LogP) is 1.20. The van der Waals surface area contributed by atoms with Crippen LogP contribution in [0.3, 0.4) is 0 Å². The molecule has 5 nitrogen and oxygen atoms in total. The van der Waals surface area contributed by atoms with Crippen molar-refractivity contribution < 1.29 is 13.2 Å². The zero-order chi connectivity index (χ0) is 14.4. The second kappa shape index (κ2) is 4.23. The molecule has 1 aliphatic rings. The van der Waals surface area contributed by atoms with Crippen molar-refractivity contribution in [2.75, 3.05) is 12.0 Å². The summed E-state index contributed by atoms with van der Waals surface area (Å²) in [6.45, 7) is 4.14. The highest BCUT2D eigenvalue weighted by molar-refractivity contribution is 7.90. The van der Waals surface area contributed by atoms with Crippen LogP contribution in [-0.4, -0.2) is 26.6 Å². The van der Waals surface area contributed by atoms with Crippen molar-refractivity contribution in [3.05, 3.63) is 23.8 Å². The maximum atomic E-state index is 12.1. The van der Waals surface area contributed by atoms with E-state index in [9.17, 15) is 13.2 Å². The topological polar surface area (TPSA) is 89.3 Å². The number of nitrogens with one attached hydrogen (secondary N) is 1. The van der Waals surface area contributed by atoms with E-state index in [1.54, 1.807) is 0 Å². The fraction of sp³-hybridized carbons (Fsp3) is 0.462. The number of carbonyl (C=O) groups is 1. The predicted molar refractivity (Wildman–Crippen MR) is 73.6 cm³/mol. The molecule has 0 saturated heterocycles. The van der Waals surface area contributed by atoms with Crippen molar-refractivity contribution >= 4 is 21.4 Å². The third-order valence-electron chi connectivity index (χ3n) is 3.44. The molecule has 1 saturated carbocycles. The standard InChI is InChI=1S/C13H18N2O3S/c1-13(2)7-11(13)15-12(16)8-4-9(14)6-10(5-8)19(3,17)18/h4-6,11H,7,14H2,1-3H3,(H,15,16). The van der Waals surface area contributed by atoms with Gasteiger partial charge in [-0.15, -0.1) is 0 Å². The lowest BCUT2D eigenvalue weighted by atomic mass is 10.1. The molecule has 0 bridgehead atoms. The Kier molecular flexibility index (Phi) is 3.09. The van der Waals surface area contributed by atoms with Crippen LogP contribution in [0.1, 0.15) is 30.6 Å². The second-order valence-corrected chi connectivity index (χ2v) is 7.80. The van der Waals surface area contributed by atoms with Gasteiger partial charge in [0.2, 0.25) is 0 Å². The number of benzene rings is 1. The number of hydrogen-bond donors (Lipinski definition) is 2. The average Bonchev–Trinajstić information content (AvgIpc) is 2.83. The van der Waals surface area contributed by atoms with Crippen molar-refractivity contribution in [2.45, 2.75) is 31.2 Å². The molecule has 1 atom stereocenters. The van der Waals surface area contributed by atoms with Gasteiger partial charge in [0.05, 0.1) is 4.90 Å². The van der Waals surface area contributed by atoms with Gasteiger partial charge in [-0.1, -0.05) is 13.8 Å². The van der Waals surface area contributed by atoms with Crippen LogP contribution in [0.5, 0.6) is 0 Å². The summed E-state index contributed by atoms with van der Waals surface area (Å²) in [5, 5.41) is 2.88. The van der Waals surface area contributed by atoms with Gasteiger partial charge in [-0.05, 0) is 30.0 Å². The normalized spacial score (nSPS) is 20.9. The number of sulfone groups is 1. The maximum absolute atomic E-state index is 12.1. The fourth-order valence-corrected chi connectivity index (χ4v) is 2.61. The molecule has 0 radical (unpaired) electrons. The molecule has 0 heterocycles. The summed E-state index contributed by atoms with van der Waals surface area (Å²) in [6, 6.07) is 4.34. The van der Waals surface area contributed by atoms with Gasteiger partial charge in [-0.2, -0.15) is 0 Å². The summed E-state index contributed by atoms with van der Waals surface area (Å²) in [6.07, 6.45) is 2.02. The number of rotatable bonds is 3. The van der Waals surface area contributed by atoms with Crippen LogP contribution >= 0.6 is 0 Å². The number of hydrogen-bond acceptors (Lipinski definition) is 4. The van der Waals surface area contributed by atoms with Crippen LogP contribution < -0.4 is 11.1 Å². The van der Waals surface area contributed by atoms with Crippen molar-refractivity contribution in [3.63, 3.8) is 0 Å². The van der Waals surface area contributed by atoms with E-state index in [0.717, 1.165) is 12.7 Å².